The lowest BCUT2D eigenvalue weighted by Crippen LogP contribution is -2.29. The van der Waals surface area contributed by atoms with Crippen LogP contribution in [0.4, 0.5) is 0 Å². The van der Waals surface area contributed by atoms with E-state index in [0.717, 1.165) is 10.0 Å². The first-order valence-electron chi connectivity index (χ1n) is 10.7. The number of aromatic nitrogens is 1. The molecule has 0 radical (unpaired) electrons. The van der Waals surface area contributed by atoms with Gasteiger partial charge in [-0.3, -0.25) is 9.59 Å². The van der Waals surface area contributed by atoms with Crippen LogP contribution in [0.1, 0.15) is 29.7 Å². The summed E-state index contributed by atoms with van der Waals surface area (Å²) >= 11 is 3.35. The molecule has 7 nitrogen and oxygen atoms in total. The molecule has 0 saturated carbocycles. The number of nitrogens with zero attached hydrogens (tertiary/aromatic N) is 1. The number of hydrogen-bond donors (Lipinski definition) is 0. The molecule has 34 heavy (non-hydrogen) atoms. The molecule has 2 aromatic carbocycles. The van der Waals surface area contributed by atoms with E-state index in [1.807, 2.05) is 19.1 Å². The topological polar surface area (TPSA) is 93.0 Å². The van der Waals surface area contributed by atoms with Gasteiger partial charge in [0.1, 0.15) is 0 Å². The molecule has 4 rings (SSSR count). The lowest BCUT2D eigenvalue weighted by atomic mass is 9.95. The van der Waals surface area contributed by atoms with Gasteiger partial charge in [-0.1, -0.05) is 39.9 Å². The molecule has 1 N–H and O–H groups in total. The number of Topliss-reactive ketones (excluding diaryl/α,β-unsaturated/α-hetero) is 1. The van der Waals surface area contributed by atoms with E-state index < -0.39 is 23.5 Å². The van der Waals surface area contributed by atoms with Crippen LogP contribution in [0, 0.1) is 0 Å². The third-order valence-electron chi connectivity index (χ3n) is 5.56. The summed E-state index contributed by atoms with van der Waals surface area (Å²) in [6.07, 6.45) is 3.51. The molecule has 1 unspecified atom stereocenters. The second-order valence-electron chi connectivity index (χ2n) is 7.67. The Kier molecular flexibility index (Phi) is 6.98. The van der Waals surface area contributed by atoms with E-state index >= 15 is 0 Å². The van der Waals surface area contributed by atoms with Crippen LogP contribution >= 0.6 is 15.9 Å². The molecule has 1 aliphatic rings. The Labute approximate surface area is 205 Å². The zero-order chi connectivity index (χ0) is 24.2. The van der Waals surface area contributed by atoms with E-state index in [1.165, 1.54) is 12.0 Å². The predicted molar refractivity (Wildman–Crippen MR) is 127 cm³/mol. The summed E-state index contributed by atoms with van der Waals surface area (Å²) in [4.78, 5) is 30.7. The number of rotatable bonds is 7. The van der Waals surface area contributed by atoms with Crippen molar-refractivity contribution in [3.05, 3.63) is 93.7 Å². The Balaban J connectivity index is 1.88. The number of carbonyl (C=O) groups excluding carboxylic acids is 2. The number of nitrogens with one attached hydrogen (secondary N) is 1. The number of halogens is 1. The molecule has 1 aromatic heterocycles. The third-order valence-corrected chi connectivity index (χ3v) is 6.09. The van der Waals surface area contributed by atoms with Crippen molar-refractivity contribution >= 4 is 33.4 Å². The standard InChI is InChI=1S/C26H23BrN2O5/c1-3-34-20-11-8-18(13-21(20)33-2)23-22(24(30)17-6-9-19(27)10-7-17)25(31)26(32)29(23)15-16-5-4-12-28-14-16/h4-14,23,30H,3,15H2,1-2H3/b24-22+. The summed E-state index contributed by atoms with van der Waals surface area (Å²) in [5.74, 6) is -1.01. The van der Waals surface area contributed by atoms with E-state index in [9.17, 15) is 14.7 Å². The first-order chi connectivity index (χ1) is 16.4. The fourth-order valence-corrected chi connectivity index (χ4v) is 4.26. The van der Waals surface area contributed by atoms with Gasteiger partial charge in [-0.15, -0.1) is 0 Å². The SMILES string of the molecule is CCOc1ccc(C2/C(=C(\[O-])c3ccc(Br)cc3)C(=O)C(=O)N2Cc2ccc[nH+]c2)cc1OC. The minimum atomic E-state index is -0.874. The largest absolute Gasteiger partial charge is 0.872 e. The molecule has 8 heteroatoms. The van der Waals surface area contributed by atoms with Crippen molar-refractivity contribution in [1.82, 2.24) is 4.90 Å². The van der Waals surface area contributed by atoms with Crippen LogP contribution in [0.25, 0.3) is 5.76 Å². The minimum Gasteiger partial charge on any atom is -0.872 e. The molecule has 1 fully saturated rings. The van der Waals surface area contributed by atoms with Gasteiger partial charge in [-0.2, -0.15) is 0 Å². The molecule has 1 atom stereocenters. The first-order valence-corrected chi connectivity index (χ1v) is 11.5. The average molecular weight is 523 g/mol. The van der Waals surface area contributed by atoms with Gasteiger partial charge in [0.15, 0.2) is 23.9 Å². The van der Waals surface area contributed by atoms with Crippen molar-refractivity contribution in [3.63, 3.8) is 0 Å². The Bertz CT molecular complexity index is 1240. The average Bonchev–Trinajstić information content (AvgIpc) is 3.10. The van der Waals surface area contributed by atoms with Crippen LogP contribution in [0.3, 0.4) is 0 Å². The Morgan fingerprint density at radius 1 is 1.12 bits per heavy atom. The zero-order valence-corrected chi connectivity index (χ0v) is 20.3. The van der Waals surface area contributed by atoms with Gasteiger partial charge in [0.2, 0.25) is 5.78 Å². The van der Waals surface area contributed by atoms with Crippen molar-refractivity contribution < 1.29 is 29.2 Å². The monoisotopic (exact) mass is 522 g/mol. The predicted octanol–water partition coefficient (Wildman–Crippen LogP) is 3.09. The minimum absolute atomic E-state index is 0.0848. The fourth-order valence-electron chi connectivity index (χ4n) is 3.99. The lowest BCUT2D eigenvalue weighted by Gasteiger charge is -2.28. The van der Waals surface area contributed by atoms with Gasteiger partial charge in [0.25, 0.3) is 5.91 Å². The number of carbonyl (C=O) groups is 2. The highest BCUT2D eigenvalue weighted by atomic mass is 79.9. The highest BCUT2D eigenvalue weighted by molar-refractivity contribution is 9.10. The number of aromatic amines is 1. The highest BCUT2D eigenvalue weighted by Crippen LogP contribution is 2.42. The van der Waals surface area contributed by atoms with Gasteiger partial charge in [0.05, 0.1) is 26.3 Å². The van der Waals surface area contributed by atoms with Crippen LogP contribution in [-0.4, -0.2) is 30.3 Å². The maximum absolute atomic E-state index is 13.5. The molecule has 3 aromatic rings. The third kappa shape index (κ3) is 4.54. The van der Waals surface area contributed by atoms with E-state index in [4.69, 9.17) is 9.47 Å². The first kappa shape index (κ1) is 23.5. The van der Waals surface area contributed by atoms with Crippen molar-refractivity contribution in [2.45, 2.75) is 19.5 Å². The second-order valence-corrected chi connectivity index (χ2v) is 8.59. The summed E-state index contributed by atoms with van der Waals surface area (Å²) < 4.78 is 11.9. The van der Waals surface area contributed by atoms with E-state index in [0.29, 0.717) is 29.2 Å². The van der Waals surface area contributed by atoms with Crippen molar-refractivity contribution in [2.24, 2.45) is 0 Å². The van der Waals surface area contributed by atoms with E-state index in [2.05, 4.69) is 20.9 Å². The van der Waals surface area contributed by atoms with Crippen molar-refractivity contribution in [2.75, 3.05) is 13.7 Å². The molecular formula is C26H23BrN2O5. The normalized spacial score (nSPS) is 17.1. The van der Waals surface area contributed by atoms with Gasteiger partial charge >= 0.3 is 0 Å². The quantitative estimate of drug-likeness (QED) is 0.270. The number of ether oxygens (including phenoxy) is 2. The number of amides is 1. The van der Waals surface area contributed by atoms with Gasteiger partial charge in [-0.05, 0) is 48.4 Å². The molecule has 1 aliphatic heterocycles. The summed E-state index contributed by atoms with van der Waals surface area (Å²) in [5.41, 5.74) is 1.62. The number of hydrogen-bond acceptors (Lipinski definition) is 5. The molecule has 174 valence electrons. The molecule has 1 amide bonds. The summed E-state index contributed by atoms with van der Waals surface area (Å²) in [7, 11) is 1.52. The van der Waals surface area contributed by atoms with Crippen molar-refractivity contribution in [3.8, 4) is 11.5 Å². The molecule has 2 heterocycles. The Morgan fingerprint density at radius 3 is 2.53 bits per heavy atom. The van der Waals surface area contributed by atoms with Crippen LogP contribution in [0.5, 0.6) is 11.5 Å². The Morgan fingerprint density at radius 2 is 1.88 bits per heavy atom. The maximum Gasteiger partial charge on any atom is 0.295 e. The number of methoxy groups -OCH3 is 1. The van der Waals surface area contributed by atoms with Crippen LogP contribution in [0.15, 0.2) is 77.0 Å². The highest BCUT2D eigenvalue weighted by Gasteiger charge is 2.44. The fraction of sp³-hybridized carbons (Fsp3) is 0.192. The van der Waals surface area contributed by atoms with E-state index in [1.54, 1.807) is 54.9 Å². The van der Waals surface area contributed by atoms with Crippen LogP contribution in [-0.2, 0) is 16.1 Å². The lowest BCUT2D eigenvalue weighted by molar-refractivity contribution is -0.378. The number of benzene rings is 2. The Hall–Kier alpha value is -3.65. The van der Waals surface area contributed by atoms with Gasteiger partial charge in [-0.25, -0.2) is 4.98 Å². The summed E-state index contributed by atoms with van der Waals surface area (Å²) in [6, 6.07) is 14.7. The molecule has 0 aliphatic carbocycles. The van der Waals surface area contributed by atoms with Crippen LogP contribution < -0.4 is 19.6 Å². The van der Waals surface area contributed by atoms with Crippen molar-refractivity contribution in [1.29, 1.82) is 0 Å². The van der Waals surface area contributed by atoms with Gasteiger partial charge in [0, 0.05) is 21.7 Å². The smallest absolute Gasteiger partial charge is 0.295 e. The van der Waals surface area contributed by atoms with Crippen LogP contribution in [0.2, 0.25) is 0 Å². The summed E-state index contributed by atoms with van der Waals surface area (Å²) in [5, 5.41) is 13.5. The van der Waals surface area contributed by atoms with E-state index in [-0.39, 0.29) is 12.1 Å². The molecule has 1 saturated heterocycles. The maximum atomic E-state index is 13.5. The zero-order valence-electron chi connectivity index (χ0n) is 18.7. The number of ketones is 1. The number of H-pyrrole nitrogens is 1. The molecule has 0 spiro atoms. The molecule has 0 bridgehead atoms. The number of likely N-dealkylation sites (tertiary alicyclic amines) is 1. The molecular weight excluding hydrogens is 500 g/mol. The van der Waals surface area contributed by atoms with Gasteiger partial charge < -0.3 is 19.5 Å². The second kappa shape index (κ2) is 10.1. The summed E-state index contributed by atoms with van der Waals surface area (Å²) in [6.45, 7) is 2.47. The number of pyridine rings is 1.